The molecule has 1 fully saturated rings. The van der Waals surface area contributed by atoms with Crippen molar-refractivity contribution < 1.29 is 14.3 Å². The largest absolute Gasteiger partial charge is 0.495 e. The van der Waals surface area contributed by atoms with Crippen LogP contribution in [0.15, 0.2) is 11.3 Å². The summed E-state index contributed by atoms with van der Waals surface area (Å²) in [6.45, 7) is 5.10. The Bertz CT molecular complexity index is 257. The predicted octanol–water partition coefficient (Wildman–Crippen LogP) is 1.35. The first-order valence-corrected chi connectivity index (χ1v) is 5.39. The van der Waals surface area contributed by atoms with Crippen LogP contribution in [-0.4, -0.2) is 25.2 Å². The van der Waals surface area contributed by atoms with Crippen LogP contribution in [0.3, 0.4) is 0 Å². The summed E-state index contributed by atoms with van der Waals surface area (Å²) in [6, 6.07) is 0. The second-order valence-electron chi connectivity index (χ2n) is 3.78. The van der Waals surface area contributed by atoms with Crippen LogP contribution in [0.4, 0.5) is 0 Å². The van der Waals surface area contributed by atoms with E-state index in [0.717, 1.165) is 31.6 Å². The molecule has 0 spiro atoms. The molecule has 1 heterocycles. The highest BCUT2D eigenvalue weighted by atomic mass is 16.6. The molecule has 1 amide bonds. The molecular weight excluding hydrogens is 194 g/mol. The van der Waals surface area contributed by atoms with Gasteiger partial charge in [-0.15, -0.1) is 0 Å². The fourth-order valence-corrected chi connectivity index (χ4v) is 1.20. The van der Waals surface area contributed by atoms with Crippen LogP contribution in [0.5, 0.6) is 0 Å². The molecule has 2 N–H and O–H groups in total. The minimum atomic E-state index is -0.405. The molecule has 86 valence electrons. The molecule has 1 atom stereocenters. The van der Waals surface area contributed by atoms with Crippen molar-refractivity contribution in [1.29, 1.82) is 0 Å². The Morgan fingerprint density at radius 3 is 2.73 bits per heavy atom. The Morgan fingerprint density at radius 1 is 1.60 bits per heavy atom. The fraction of sp³-hybridized carbons (Fsp3) is 0.727. The highest BCUT2D eigenvalue weighted by Crippen LogP contribution is 2.17. The molecule has 4 heteroatoms. The van der Waals surface area contributed by atoms with E-state index in [4.69, 9.17) is 15.2 Å². The van der Waals surface area contributed by atoms with Gasteiger partial charge in [-0.1, -0.05) is 13.3 Å². The Hall–Kier alpha value is -1.03. The molecule has 0 aromatic heterocycles. The molecule has 1 saturated heterocycles. The summed E-state index contributed by atoms with van der Waals surface area (Å²) >= 11 is 0. The number of unbranched alkanes of at least 4 members (excludes halogenated alkanes) is 1. The molecule has 0 radical (unpaired) electrons. The van der Waals surface area contributed by atoms with E-state index < -0.39 is 5.91 Å². The van der Waals surface area contributed by atoms with E-state index in [2.05, 4.69) is 6.92 Å². The van der Waals surface area contributed by atoms with Crippen LogP contribution in [0.1, 0.15) is 33.1 Å². The summed E-state index contributed by atoms with van der Waals surface area (Å²) in [5, 5.41) is 0. The van der Waals surface area contributed by atoms with Crippen LogP contribution < -0.4 is 5.73 Å². The third-order valence-electron chi connectivity index (χ3n) is 2.39. The number of hydrogen-bond donors (Lipinski definition) is 1. The number of epoxide rings is 1. The molecular formula is C11H19NO3. The van der Waals surface area contributed by atoms with E-state index in [1.807, 2.05) is 0 Å². The van der Waals surface area contributed by atoms with Crippen molar-refractivity contribution in [3.63, 3.8) is 0 Å². The van der Waals surface area contributed by atoms with Gasteiger partial charge in [0.25, 0.3) is 0 Å². The summed E-state index contributed by atoms with van der Waals surface area (Å²) in [7, 11) is 0. The van der Waals surface area contributed by atoms with Crippen LogP contribution >= 0.6 is 0 Å². The Kier molecular flexibility index (Phi) is 4.62. The molecule has 0 aromatic rings. The lowest BCUT2D eigenvalue weighted by molar-refractivity contribution is -0.114. The van der Waals surface area contributed by atoms with Gasteiger partial charge in [-0.3, -0.25) is 4.79 Å². The van der Waals surface area contributed by atoms with E-state index in [1.165, 1.54) is 0 Å². The number of carbonyl (C=O) groups is 1. The van der Waals surface area contributed by atoms with E-state index in [0.29, 0.717) is 12.2 Å². The predicted molar refractivity (Wildman–Crippen MR) is 57.1 cm³/mol. The normalized spacial score (nSPS) is 20.8. The van der Waals surface area contributed by atoms with Crippen molar-refractivity contribution in [1.82, 2.24) is 0 Å². The van der Waals surface area contributed by atoms with Gasteiger partial charge in [0.1, 0.15) is 18.5 Å². The monoisotopic (exact) mass is 213 g/mol. The van der Waals surface area contributed by atoms with Gasteiger partial charge in [0, 0.05) is 6.42 Å². The Balaban J connectivity index is 2.49. The minimum absolute atomic E-state index is 0.210. The number of nitrogens with two attached hydrogens (primary N) is 1. The summed E-state index contributed by atoms with van der Waals surface area (Å²) in [5.41, 5.74) is 5.75. The van der Waals surface area contributed by atoms with Gasteiger partial charge in [-0.05, 0) is 13.3 Å². The van der Waals surface area contributed by atoms with Gasteiger partial charge >= 0.3 is 0 Å². The van der Waals surface area contributed by atoms with Gasteiger partial charge in [0.15, 0.2) is 0 Å². The molecule has 1 rings (SSSR count). The number of hydrogen-bond acceptors (Lipinski definition) is 3. The second-order valence-corrected chi connectivity index (χ2v) is 3.78. The van der Waals surface area contributed by atoms with Crippen LogP contribution in [0.25, 0.3) is 0 Å². The summed E-state index contributed by atoms with van der Waals surface area (Å²) in [6.07, 6.45) is 3.06. The molecule has 1 unspecified atom stereocenters. The molecule has 4 nitrogen and oxygen atoms in total. The number of ether oxygens (including phenoxy) is 2. The van der Waals surface area contributed by atoms with E-state index in [1.54, 1.807) is 6.92 Å². The first-order chi connectivity index (χ1) is 7.15. The minimum Gasteiger partial charge on any atom is -0.495 e. The summed E-state index contributed by atoms with van der Waals surface area (Å²) in [4.78, 5) is 11.0. The summed E-state index contributed by atoms with van der Waals surface area (Å²) < 4.78 is 10.6. The van der Waals surface area contributed by atoms with Crippen molar-refractivity contribution in [3.8, 4) is 0 Å². The standard InChI is InChI=1S/C11H19NO3/c1-3-4-5-10(8(2)11(12)13)15-7-9-6-14-9/h9H,3-7H2,1-2H3,(H2,12,13)/b10-8+. The van der Waals surface area contributed by atoms with Crippen molar-refractivity contribution in [3.05, 3.63) is 11.3 Å². The lowest BCUT2D eigenvalue weighted by atomic mass is 10.1. The van der Waals surface area contributed by atoms with Gasteiger partial charge in [-0.25, -0.2) is 0 Å². The Labute approximate surface area is 90.4 Å². The van der Waals surface area contributed by atoms with Crippen LogP contribution in [0, 0.1) is 0 Å². The van der Waals surface area contributed by atoms with Crippen LogP contribution in [-0.2, 0) is 14.3 Å². The van der Waals surface area contributed by atoms with Crippen molar-refractivity contribution in [2.24, 2.45) is 5.73 Å². The first kappa shape index (κ1) is 12.0. The molecule has 0 bridgehead atoms. The van der Waals surface area contributed by atoms with Crippen LogP contribution in [0.2, 0.25) is 0 Å². The number of carbonyl (C=O) groups excluding carboxylic acids is 1. The molecule has 0 aromatic carbocycles. The van der Waals surface area contributed by atoms with Gasteiger partial charge < -0.3 is 15.2 Å². The molecule has 15 heavy (non-hydrogen) atoms. The lowest BCUT2D eigenvalue weighted by Crippen LogP contribution is -2.15. The molecule has 0 saturated carbocycles. The van der Waals surface area contributed by atoms with Crippen molar-refractivity contribution in [2.45, 2.75) is 39.2 Å². The van der Waals surface area contributed by atoms with Crippen molar-refractivity contribution >= 4 is 5.91 Å². The first-order valence-electron chi connectivity index (χ1n) is 5.39. The highest BCUT2D eigenvalue weighted by Gasteiger charge is 2.24. The van der Waals surface area contributed by atoms with Crippen molar-refractivity contribution in [2.75, 3.05) is 13.2 Å². The maximum Gasteiger partial charge on any atom is 0.247 e. The summed E-state index contributed by atoms with van der Waals surface area (Å²) in [5.74, 6) is 0.317. The number of allylic oxidation sites excluding steroid dienone is 1. The third-order valence-corrected chi connectivity index (χ3v) is 2.39. The average molecular weight is 213 g/mol. The molecule has 0 aliphatic carbocycles. The maximum atomic E-state index is 11.0. The van der Waals surface area contributed by atoms with E-state index in [9.17, 15) is 4.79 Å². The lowest BCUT2D eigenvalue weighted by Gasteiger charge is -2.11. The van der Waals surface area contributed by atoms with Gasteiger partial charge in [0.2, 0.25) is 5.91 Å². The SMILES string of the molecule is CCCC/C(OCC1CO1)=C(/C)C(N)=O. The smallest absolute Gasteiger partial charge is 0.247 e. The van der Waals surface area contributed by atoms with E-state index >= 15 is 0 Å². The average Bonchev–Trinajstić information content (AvgIpc) is 3.00. The van der Waals surface area contributed by atoms with E-state index in [-0.39, 0.29) is 6.10 Å². The maximum absolute atomic E-state index is 11.0. The fourth-order valence-electron chi connectivity index (χ4n) is 1.20. The molecule has 1 aliphatic heterocycles. The molecule has 1 aliphatic rings. The number of amides is 1. The number of rotatable bonds is 7. The second kappa shape index (κ2) is 5.75. The zero-order valence-electron chi connectivity index (χ0n) is 9.41. The number of primary amides is 1. The van der Waals surface area contributed by atoms with Gasteiger partial charge in [-0.2, -0.15) is 0 Å². The quantitative estimate of drug-likeness (QED) is 0.394. The topological polar surface area (TPSA) is 64.8 Å². The zero-order chi connectivity index (χ0) is 11.3. The third kappa shape index (κ3) is 4.34. The zero-order valence-corrected chi connectivity index (χ0v) is 9.41. The highest BCUT2D eigenvalue weighted by molar-refractivity contribution is 5.91. The van der Waals surface area contributed by atoms with Gasteiger partial charge in [0.05, 0.1) is 12.2 Å². The Morgan fingerprint density at radius 2 is 2.27 bits per heavy atom.